The predicted molar refractivity (Wildman–Crippen MR) is 96.5 cm³/mol. The molecule has 25 heavy (non-hydrogen) atoms. The molecule has 0 radical (unpaired) electrons. The number of benzene rings is 2. The first-order chi connectivity index (χ1) is 12.2. The maximum atomic E-state index is 12.3. The van der Waals surface area contributed by atoms with Crippen molar-refractivity contribution in [3.05, 3.63) is 59.9 Å². The van der Waals surface area contributed by atoms with Gasteiger partial charge >= 0.3 is 0 Å². The Morgan fingerprint density at radius 3 is 2.84 bits per heavy atom. The summed E-state index contributed by atoms with van der Waals surface area (Å²) in [5.41, 5.74) is 1.45. The van der Waals surface area contributed by atoms with E-state index in [0.717, 1.165) is 12.0 Å². The smallest absolute Gasteiger partial charge is 0.273 e. The van der Waals surface area contributed by atoms with Crippen molar-refractivity contribution >= 4 is 16.7 Å². The first-order valence-corrected chi connectivity index (χ1v) is 8.37. The molecule has 1 N–H and O–H groups in total. The van der Waals surface area contributed by atoms with Gasteiger partial charge in [0.25, 0.3) is 5.91 Å². The summed E-state index contributed by atoms with van der Waals surface area (Å²) >= 11 is 0. The van der Waals surface area contributed by atoms with Gasteiger partial charge in [0.05, 0.1) is 25.4 Å². The number of methoxy groups -OCH3 is 1. The molecule has 3 rings (SSSR count). The van der Waals surface area contributed by atoms with Crippen LogP contribution in [-0.4, -0.2) is 40.7 Å². The topological polar surface area (TPSA) is 69.0 Å². The van der Waals surface area contributed by atoms with Gasteiger partial charge in [-0.1, -0.05) is 54.6 Å². The van der Waals surface area contributed by atoms with Gasteiger partial charge in [-0.3, -0.25) is 4.79 Å². The molecular weight excluding hydrogens is 316 g/mol. The van der Waals surface area contributed by atoms with Gasteiger partial charge in [-0.05, 0) is 22.8 Å². The molecule has 0 aliphatic carbocycles. The van der Waals surface area contributed by atoms with Crippen molar-refractivity contribution in [3.8, 4) is 0 Å². The summed E-state index contributed by atoms with van der Waals surface area (Å²) in [6, 6.07) is 14.4. The van der Waals surface area contributed by atoms with E-state index < -0.39 is 0 Å². The lowest BCUT2D eigenvalue weighted by Crippen LogP contribution is -2.37. The number of amides is 1. The summed E-state index contributed by atoms with van der Waals surface area (Å²) in [7, 11) is 1.62. The molecule has 0 unspecified atom stereocenters. The SMILES string of the molecule is CC[C@H](COC)NC(=O)c1cn(Cc2cccc3ccccc23)nn1. The lowest BCUT2D eigenvalue weighted by Gasteiger charge is -2.14. The maximum Gasteiger partial charge on any atom is 0.273 e. The van der Waals surface area contributed by atoms with E-state index in [1.807, 2.05) is 25.1 Å². The van der Waals surface area contributed by atoms with Gasteiger partial charge in [0.2, 0.25) is 0 Å². The molecule has 3 aromatic rings. The van der Waals surface area contributed by atoms with Crippen LogP contribution in [0, 0.1) is 0 Å². The average molecular weight is 338 g/mol. The van der Waals surface area contributed by atoms with E-state index in [-0.39, 0.29) is 11.9 Å². The Balaban J connectivity index is 1.74. The number of hydrogen-bond acceptors (Lipinski definition) is 4. The third kappa shape index (κ3) is 4.03. The van der Waals surface area contributed by atoms with E-state index in [4.69, 9.17) is 4.74 Å². The first kappa shape index (κ1) is 17.1. The van der Waals surface area contributed by atoms with Crippen LogP contribution in [0.1, 0.15) is 29.4 Å². The largest absolute Gasteiger partial charge is 0.383 e. The van der Waals surface area contributed by atoms with E-state index >= 15 is 0 Å². The standard InChI is InChI=1S/C19H22N4O2/c1-3-16(13-25-2)20-19(24)18-12-23(22-21-18)11-15-9-6-8-14-7-4-5-10-17(14)15/h4-10,12,16H,3,11,13H2,1-2H3,(H,20,24)/t16-/m1/s1. The molecule has 1 heterocycles. The third-order valence-corrected chi connectivity index (χ3v) is 4.18. The van der Waals surface area contributed by atoms with E-state index in [2.05, 4.69) is 39.9 Å². The van der Waals surface area contributed by atoms with Crippen molar-refractivity contribution in [2.75, 3.05) is 13.7 Å². The zero-order chi connectivity index (χ0) is 17.6. The Morgan fingerprint density at radius 2 is 2.04 bits per heavy atom. The minimum Gasteiger partial charge on any atom is -0.383 e. The van der Waals surface area contributed by atoms with Crippen LogP contribution in [0.25, 0.3) is 10.8 Å². The highest BCUT2D eigenvalue weighted by molar-refractivity contribution is 5.92. The summed E-state index contributed by atoms with van der Waals surface area (Å²) < 4.78 is 6.79. The summed E-state index contributed by atoms with van der Waals surface area (Å²) in [6.07, 6.45) is 2.47. The second-order valence-electron chi connectivity index (χ2n) is 5.97. The highest BCUT2D eigenvalue weighted by Crippen LogP contribution is 2.19. The van der Waals surface area contributed by atoms with Crippen LogP contribution < -0.4 is 5.32 Å². The molecule has 0 saturated carbocycles. The molecule has 6 heteroatoms. The lowest BCUT2D eigenvalue weighted by molar-refractivity contribution is 0.0889. The number of aromatic nitrogens is 3. The van der Waals surface area contributed by atoms with Gasteiger partial charge in [0.15, 0.2) is 5.69 Å². The summed E-state index contributed by atoms with van der Waals surface area (Å²) in [5.74, 6) is -0.229. The quantitative estimate of drug-likeness (QED) is 0.719. The van der Waals surface area contributed by atoms with Crippen LogP contribution in [0.15, 0.2) is 48.7 Å². The molecule has 0 saturated heterocycles. The highest BCUT2D eigenvalue weighted by Gasteiger charge is 2.15. The van der Waals surface area contributed by atoms with Crippen LogP contribution in [-0.2, 0) is 11.3 Å². The molecule has 0 spiro atoms. The zero-order valence-electron chi connectivity index (χ0n) is 14.5. The van der Waals surface area contributed by atoms with Crippen molar-refractivity contribution in [1.82, 2.24) is 20.3 Å². The lowest BCUT2D eigenvalue weighted by atomic mass is 10.0. The maximum absolute atomic E-state index is 12.3. The Morgan fingerprint density at radius 1 is 1.24 bits per heavy atom. The van der Waals surface area contributed by atoms with Crippen molar-refractivity contribution in [1.29, 1.82) is 0 Å². The van der Waals surface area contributed by atoms with Crippen LogP contribution in [0.3, 0.4) is 0 Å². The number of fused-ring (bicyclic) bond motifs is 1. The molecule has 0 aliphatic heterocycles. The van der Waals surface area contributed by atoms with Gasteiger partial charge < -0.3 is 10.1 Å². The Hall–Kier alpha value is -2.73. The minimum atomic E-state index is -0.229. The van der Waals surface area contributed by atoms with Gasteiger partial charge in [0, 0.05) is 7.11 Å². The van der Waals surface area contributed by atoms with Crippen molar-refractivity contribution in [3.63, 3.8) is 0 Å². The summed E-state index contributed by atoms with van der Waals surface area (Å²) in [6.45, 7) is 3.05. The van der Waals surface area contributed by atoms with Gasteiger partial charge in [0.1, 0.15) is 0 Å². The molecular formula is C19H22N4O2. The fourth-order valence-corrected chi connectivity index (χ4v) is 2.81. The molecule has 0 bridgehead atoms. The van der Waals surface area contributed by atoms with Crippen molar-refractivity contribution in [2.24, 2.45) is 0 Å². The average Bonchev–Trinajstić information content (AvgIpc) is 3.10. The fraction of sp³-hybridized carbons (Fsp3) is 0.316. The van der Waals surface area contributed by atoms with Crippen LogP contribution in [0.2, 0.25) is 0 Å². The number of ether oxygens (including phenoxy) is 1. The normalized spacial score (nSPS) is 12.2. The number of hydrogen-bond donors (Lipinski definition) is 1. The molecule has 6 nitrogen and oxygen atoms in total. The van der Waals surface area contributed by atoms with Crippen LogP contribution >= 0.6 is 0 Å². The number of nitrogens with one attached hydrogen (secondary N) is 1. The van der Waals surface area contributed by atoms with Crippen molar-refractivity contribution < 1.29 is 9.53 Å². The van der Waals surface area contributed by atoms with E-state index in [1.54, 1.807) is 18.0 Å². The van der Waals surface area contributed by atoms with Crippen LogP contribution in [0.4, 0.5) is 0 Å². The van der Waals surface area contributed by atoms with Gasteiger partial charge in [-0.15, -0.1) is 5.10 Å². The number of carbonyl (C=O) groups excluding carboxylic acids is 1. The molecule has 0 aliphatic rings. The monoisotopic (exact) mass is 338 g/mol. The second-order valence-corrected chi connectivity index (χ2v) is 5.97. The van der Waals surface area contributed by atoms with Crippen molar-refractivity contribution in [2.45, 2.75) is 25.9 Å². The molecule has 1 atom stereocenters. The molecule has 1 amide bonds. The van der Waals surface area contributed by atoms with Gasteiger partial charge in [-0.2, -0.15) is 0 Å². The first-order valence-electron chi connectivity index (χ1n) is 8.37. The third-order valence-electron chi connectivity index (χ3n) is 4.18. The van der Waals surface area contributed by atoms with Crippen LogP contribution in [0.5, 0.6) is 0 Å². The second kappa shape index (κ2) is 7.90. The highest BCUT2D eigenvalue weighted by atomic mass is 16.5. The Labute approximate surface area is 146 Å². The summed E-state index contributed by atoms with van der Waals surface area (Å²) in [4.78, 5) is 12.3. The fourth-order valence-electron chi connectivity index (χ4n) is 2.81. The molecule has 1 aromatic heterocycles. The Kier molecular flexibility index (Phi) is 5.40. The van der Waals surface area contributed by atoms with Gasteiger partial charge in [-0.25, -0.2) is 4.68 Å². The molecule has 2 aromatic carbocycles. The summed E-state index contributed by atoms with van der Waals surface area (Å²) in [5, 5.41) is 13.4. The molecule has 0 fully saturated rings. The minimum absolute atomic E-state index is 0.0271. The number of nitrogens with zero attached hydrogens (tertiary/aromatic N) is 3. The number of carbonyl (C=O) groups is 1. The number of rotatable bonds is 7. The zero-order valence-corrected chi connectivity index (χ0v) is 14.5. The van der Waals surface area contributed by atoms with E-state index in [0.29, 0.717) is 18.8 Å². The van der Waals surface area contributed by atoms with E-state index in [1.165, 1.54) is 10.8 Å². The Bertz CT molecular complexity index is 854. The molecule has 130 valence electrons. The predicted octanol–water partition coefficient (Wildman–Crippen LogP) is 2.63. The van der Waals surface area contributed by atoms with E-state index in [9.17, 15) is 4.79 Å².